The summed E-state index contributed by atoms with van der Waals surface area (Å²) in [7, 11) is 0. The SMILES string of the molecule is Cc1ccc(CNC(=O)c2ccccc2NCC(=O)Nc2ccc(C#N)cc2)cc1. The normalized spacial score (nSPS) is 10.0. The van der Waals surface area contributed by atoms with Gasteiger partial charge in [-0.2, -0.15) is 5.26 Å². The number of nitrogens with one attached hydrogen (secondary N) is 3. The quantitative estimate of drug-likeness (QED) is 0.563. The highest BCUT2D eigenvalue weighted by atomic mass is 16.2. The first-order chi connectivity index (χ1) is 14.5. The van der Waals surface area contributed by atoms with Crippen molar-refractivity contribution in [3.63, 3.8) is 0 Å². The smallest absolute Gasteiger partial charge is 0.253 e. The highest BCUT2D eigenvalue weighted by molar-refractivity contribution is 6.00. The zero-order valence-electron chi connectivity index (χ0n) is 16.6. The zero-order valence-corrected chi connectivity index (χ0v) is 16.6. The molecule has 0 spiro atoms. The van der Waals surface area contributed by atoms with Crippen LogP contribution >= 0.6 is 0 Å². The van der Waals surface area contributed by atoms with Gasteiger partial charge in [0.25, 0.3) is 5.91 Å². The van der Waals surface area contributed by atoms with E-state index in [2.05, 4.69) is 16.0 Å². The fourth-order valence-electron chi connectivity index (χ4n) is 2.83. The van der Waals surface area contributed by atoms with E-state index in [1.165, 1.54) is 5.56 Å². The molecule has 3 aromatic carbocycles. The third-order valence-corrected chi connectivity index (χ3v) is 4.48. The number of carbonyl (C=O) groups excluding carboxylic acids is 2. The predicted octanol–water partition coefficient (Wildman–Crippen LogP) is 3.85. The molecular weight excluding hydrogens is 376 g/mol. The van der Waals surface area contributed by atoms with Crippen LogP contribution in [0, 0.1) is 18.3 Å². The van der Waals surface area contributed by atoms with Crippen molar-refractivity contribution < 1.29 is 9.59 Å². The van der Waals surface area contributed by atoms with E-state index in [9.17, 15) is 9.59 Å². The summed E-state index contributed by atoms with van der Waals surface area (Å²) in [6.07, 6.45) is 0. The van der Waals surface area contributed by atoms with E-state index in [4.69, 9.17) is 5.26 Å². The lowest BCUT2D eigenvalue weighted by atomic mass is 10.1. The Morgan fingerprint density at radius 1 is 0.933 bits per heavy atom. The molecule has 0 heterocycles. The topological polar surface area (TPSA) is 94.0 Å². The van der Waals surface area contributed by atoms with E-state index < -0.39 is 0 Å². The second-order valence-corrected chi connectivity index (χ2v) is 6.80. The summed E-state index contributed by atoms with van der Waals surface area (Å²) in [4.78, 5) is 24.8. The molecule has 0 unspecified atom stereocenters. The van der Waals surface area contributed by atoms with Gasteiger partial charge in [0.15, 0.2) is 0 Å². The molecule has 0 aliphatic rings. The van der Waals surface area contributed by atoms with Crippen LogP contribution in [-0.4, -0.2) is 18.4 Å². The van der Waals surface area contributed by atoms with Crippen molar-refractivity contribution in [1.29, 1.82) is 5.26 Å². The van der Waals surface area contributed by atoms with E-state index in [1.54, 1.807) is 48.5 Å². The van der Waals surface area contributed by atoms with Gasteiger partial charge in [0.2, 0.25) is 5.91 Å². The molecule has 0 atom stereocenters. The number of hydrogen-bond donors (Lipinski definition) is 3. The van der Waals surface area contributed by atoms with Crippen LogP contribution in [0.5, 0.6) is 0 Å². The fourth-order valence-corrected chi connectivity index (χ4v) is 2.83. The average molecular weight is 398 g/mol. The number of aryl methyl sites for hydroxylation is 1. The molecule has 0 saturated carbocycles. The second-order valence-electron chi connectivity index (χ2n) is 6.80. The second kappa shape index (κ2) is 9.89. The van der Waals surface area contributed by atoms with Crippen LogP contribution in [0.1, 0.15) is 27.0 Å². The number of rotatable bonds is 7. The van der Waals surface area contributed by atoms with E-state index in [0.717, 1.165) is 5.56 Å². The van der Waals surface area contributed by atoms with E-state index in [-0.39, 0.29) is 18.4 Å². The molecule has 0 radical (unpaired) electrons. The average Bonchev–Trinajstić information content (AvgIpc) is 2.78. The first-order valence-electron chi connectivity index (χ1n) is 9.52. The minimum absolute atomic E-state index is 0.00224. The summed E-state index contributed by atoms with van der Waals surface area (Å²) < 4.78 is 0. The Morgan fingerprint density at radius 3 is 2.33 bits per heavy atom. The van der Waals surface area contributed by atoms with Gasteiger partial charge in [-0.05, 0) is 48.9 Å². The van der Waals surface area contributed by atoms with Gasteiger partial charge in [0, 0.05) is 17.9 Å². The summed E-state index contributed by atoms with van der Waals surface area (Å²) in [5.74, 6) is -0.472. The van der Waals surface area contributed by atoms with Crippen molar-refractivity contribution in [2.75, 3.05) is 17.2 Å². The van der Waals surface area contributed by atoms with Crippen LogP contribution in [0.3, 0.4) is 0 Å². The van der Waals surface area contributed by atoms with Crippen molar-refractivity contribution in [1.82, 2.24) is 5.32 Å². The van der Waals surface area contributed by atoms with E-state index in [0.29, 0.717) is 29.0 Å². The molecule has 6 nitrogen and oxygen atoms in total. The van der Waals surface area contributed by atoms with Gasteiger partial charge in [-0.3, -0.25) is 9.59 Å². The Bertz CT molecular complexity index is 1070. The third-order valence-electron chi connectivity index (χ3n) is 4.48. The van der Waals surface area contributed by atoms with Gasteiger partial charge in [-0.15, -0.1) is 0 Å². The minimum atomic E-state index is -0.255. The van der Waals surface area contributed by atoms with Crippen LogP contribution in [-0.2, 0) is 11.3 Å². The number of carbonyl (C=O) groups is 2. The van der Waals surface area contributed by atoms with Gasteiger partial charge in [0.05, 0.1) is 23.7 Å². The van der Waals surface area contributed by atoms with Crippen molar-refractivity contribution >= 4 is 23.2 Å². The molecular formula is C24H22N4O2. The van der Waals surface area contributed by atoms with Gasteiger partial charge < -0.3 is 16.0 Å². The van der Waals surface area contributed by atoms with Gasteiger partial charge in [-0.25, -0.2) is 0 Å². The Labute approximate surface area is 175 Å². The molecule has 0 aliphatic carbocycles. The standard InChI is InChI=1S/C24H22N4O2/c1-17-6-8-19(9-7-17)15-27-24(30)21-4-2-3-5-22(21)26-16-23(29)28-20-12-10-18(14-25)11-13-20/h2-13,26H,15-16H2,1H3,(H,27,30)(H,28,29). The Kier molecular flexibility index (Phi) is 6.80. The van der Waals surface area contributed by atoms with Gasteiger partial charge >= 0.3 is 0 Å². The summed E-state index contributed by atoms with van der Waals surface area (Å²) in [6, 6.07) is 23.7. The lowest BCUT2D eigenvalue weighted by Gasteiger charge is -2.13. The van der Waals surface area contributed by atoms with Crippen LogP contribution in [0.4, 0.5) is 11.4 Å². The van der Waals surface area contributed by atoms with Crippen LogP contribution in [0.15, 0.2) is 72.8 Å². The number of amides is 2. The first kappa shape index (κ1) is 20.6. The highest BCUT2D eigenvalue weighted by Crippen LogP contribution is 2.15. The maximum atomic E-state index is 12.6. The molecule has 3 rings (SSSR count). The fraction of sp³-hybridized carbons (Fsp3) is 0.125. The Hall–Kier alpha value is -4.11. The maximum absolute atomic E-state index is 12.6. The molecule has 0 fully saturated rings. The number of nitrogens with zero attached hydrogens (tertiary/aromatic N) is 1. The third kappa shape index (κ3) is 5.69. The summed E-state index contributed by atoms with van der Waals surface area (Å²) in [5, 5.41) is 17.5. The molecule has 3 N–H and O–H groups in total. The Balaban J connectivity index is 1.57. The minimum Gasteiger partial charge on any atom is -0.376 e. The van der Waals surface area contributed by atoms with E-state index >= 15 is 0 Å². The Morgan fingerprint density at radius 2 is 1.63 bits per heavy atom. The van der Waals surface area contributed by atoms with Crippen LogP contribution < -0.4 is 16.0 Å². The van der Waals surface area contributed by atoms with E-state index in [1.807, 2.05) is 37.3 Å². The number of para-hydroxylation sites is 1. The van der Waals surface area contributed by atoms with Gasteiger partial charge in [-0.1, -0.05) is 42.0 Å². The molecule has 6 heteroatoms. The largest absolute Gasteiger partial charge is 0.376 e. The molecule has 150 valence electrons. The summed E-state index contributed by atoms with van der Waals surface area (Å²) in [5.41, 5.74) is 4.35. The number of hydrogen-bond acceptors (Lipinski definition) is 4. The van der Waals surface area contributed by atoms with Gasteiger partial charge in [0.1, 0.15) is 0 Å². The molecule has 0 bridgehead atoms. The monoisotopic (exact) mass is 398 g/mol. The molecule has 0 saturated heterocycles. The molecule has 30 heavy (non-hydrogen) atoms. The molecule has 0 aromatic heterocycles. The number of anilines is 2. The number of benzene rings is 3. The summed E-state index contributed by atoms with van der Waals surface area (Å²) in [6.45, 7) is 2.44. The molecule has 2 amide bonds. The predicted molar refractivity (Wildman–Crippen MR) is 117 cm³/mol. The maximum Gasteiger partial charge on any atom is 0.253 e. The first-order valence-corrected chi connectivity index (χ1v) is 9.52. The lowest BCUT2D eigenvalue weighted by Crippen LogP contribution is -2.26. The van der Waals surface area contributed by atoms with Crippen molar-refractivity contribution in [2.24, 2.45) is 0 Å². The van der Waals surface area contributed by atoms with Crippen molar-refractivity contribution in [3.05, 3.63) is 95.1 Å². The molecule has 3 aromatic rings. The van der Waals surface area contributed by atoms with Crippen LogP contribution in [0.2, 0.25) is 0 Å². The number of nitriles is 1. The van der Waals surface area contributed by atoms with Crippen molar-refractivity contribution in [3.8, 4) is 6.07 Å². The zero-order chi connectivity index (χ0) is 21.3. The summed E-state index contributed by atoms with van der Waals surface area (Å²) >= 11 is 0. The van der Waals surface area contributed by atoms with Crippen molar-refractivity contribution in [2.45, 2.75) is 13.5 Å². The lowest BCUT2D eigenvalue weighted by molar-refractivity contribution is -0.114. The highest BCUT2D eigenvalue weighted by Gasteiger charge is 2.12. The van der Waals surface area contributed by atoms with Crippen LogP contribution in [0.25, 0.3) is 0 Å². The molecule has 0 aliphatic heterocycles.